The van der Waals surface area contributed by atoms with E-state index in [9.17, 15) is 0 Å². The van der Waals surface area contributed by atoms with E-state index in [2.05, 4.69) is 27.7 Å². The summed E-state index contributed by atoms with van der Waals surface area (Å²) in [6.45, 7) is 9.59. The molecule has 0 aromatic carbocycles. The molecule has 2 nitrogen and oxygen atoms in total. The van der Waals surface area contributed by atoms with Gasteiger partial charge in [0.2, 0.25) is 0 Å². The number of ether oxygens (including phenoxy) is 1. The van der Waals surface area contributed by atoms with Crippen LogP contribution < -0.4 is 5.73 Å². The zero-order valence-corrected chi connectivity index (χ0v) is 12.1. The van der Waals surface area contributed by atoms with E-state index in [0.29, 0.717) is 11.8 Å². The summed E-state index contributed by atoms with van der Waals surface area (Å²) in [5.41, 5.74) is 6.44. The summed E-state index contributed by atoms with van der Waals surface area (Å²) in [7, 11) is 0. The highest BCUT2D eigenvalue weighted by Gasteiger charge is 2.31. The third-order valence-electron chi connectivity index (χ3n) is 4.41. The SMILES string of the molecule is CCOC(C(C)C)C(N)C1CCC(CC)CC1. The van der Waals surface area contributed by atoms with Crippen molar-refractivity contribution in [3.05, 3.63) is 0 Å². The molecule has 2 atom stereocenters. The lowest BCUT2D eigenvalue weighted by Gasteiger charge is -2.37. The maximum absolute atomic E-state index is 6.44. The van der Waals surface area contributed by atoms with Gasteiger partial charge in [0.15, 0.2) is 0 Å². The maximum Gasteiger partial charge on any atom is 0.0751 e. The second kappa shape index (κ2) is 7.38. The zero-order valence-electron chi connectivity index (χ0n) is 12.1. The van der Waals surface area contributed by atoms with Crippen molar-refractivity contribution in [3.63, 3.8) is 0 Å². The van der Waals surface area contributed by atoms with Gasteiger partial charge in [-0.2, -0.15) is 0 Å². The van der Waals surface area contributed by atoms with Crippen molar-refractivity contribution in [1.29, 1.82) is 0 Å². The number of hydrogen-bond acceptors (Lipinski definition) is 2. The standard InChI is InChI=1S/C15H31NO/c1-5-12-7-9-13(10-8-12)14(16)15(11(3)4)17-6-2/h11-15H,5-10,16H2,1-4H3. The van der Waals surface area contributed by atoms with E-state index in [1.807, 2.05) is 0 Å². The molecule has 0 spiro atoms. The van der Waals surface area contributed by atoms with Crippen molar-refractivity contribution in [3.8, 4) is 0 Å². The van der Waals surface area contributed by atoms with Crippen molar-refractivity contribution in [1.82, 2.24) is 0 Å². The molecule has 0 aromatic rings. The normalized spacial score (nSPS) is 29.3. The minimum Gasteiger partial charge on any atom is -0.377 e. The van der Waals surface area contributed by atoms with Crippen LogP contribution in [-0.4, -0.2) is 18.8 Å². The Morgan fingerprint density at radius 2 is 1.71 bits per heavy atom. The van der Waals surface area contributed by atoms with Crippen LogP contribution in [0.25, 0.3) is 0 Å². The van der Waals surface area contributed by atoms with Gasteiger partial charge in [-0.25, -0.2) is 0 Å². The van der Waals surface area contributed by atoms with Gasteiger partial charge in [-0.3, -0.25) is 0 Å². The fourth-order valence-electron chi connectivity index (χ4n) is 3.19. The fraction of sp³-hybridized carbons (Fsp3) is 1.00. The third kappa shape index (κ3) is 4.26. The van der Waals surface area contributed by atoms with Crippen molar-refractivity contribution in [2.45, 2.75) is 71.9 Å². The Morgan fingerprint density at radius 1 is 1.12 bits per heavy atom. The van der Waals surface area contributed by atoms with Gasteiger partial charge in [0.1, 0.15) is 0 Å². The van der Waals surface area contributed by atoms with Gasteiger partial charge >= 0.3 is 0 Å². The molecule has 0 amide bonds. The molecule has 1 rings (SSSR count). The minimum absolute atomic E-state index is 0.229. The lowest BCUT2D eigenvalue weighted by molar-refractivity contribution is -0.00758. The van der Waals surface area contributed by atoms with Crippen LogP contribution in [0.15, 0.2) is 0 Å². The number of nitrogens with two attached hydrogens (primary N) is 1. The quantitative estimate of drug-likeness (QED) is 0.771. The molecule has 0 bridgehead atoms. The Bertz CT molecular complexity index is 197. The molecule has 1 aliphatic carbocycles. The minimum atomic E-state index is 0.229. The second-order valence-corrected chi connectivity index (χ2v) is 5.93. The smallest absolute Gasteiger partial charge is 0.0751 e. The summed E-state index contributed by atoms with van der Waals surface area (Å²) in [5, 5.41) is 0. The van der Waals surface area contributed by atoms with Crippen LogP contribution in [0, 0.1) is 17.8 Å². The molecule has 17 heavy (non-hydrogen) atoms. The van der Waals surface area contributed by atoms with E-state index in [0.717, 1.165) is 12.5 Å². The zero-order chi connectivity index (χ0) is 12.8. The molecule has 2 heteroatoms. The van der Waals surface area contributed by atoms with Gasteiger partial charge in [0, 0.05) is 12.6 Å². The molecule has 0 aromatic heterocycles. The maximum atomic E-state index is 6.44. The highest BCUT2D eigenvalue weighted by molar-refractivity contribution is 4.86. The highest BCUT2D eigenvalue weighted by Crippen LogP contribution is 2.34. The Kier molecular flexibility index (Phi) is 6.50. The van der Waals surface area contributed by atoms with Crippen LogP contribution in [0.5, 0.6) is 0 Å². The molecule has 0 aliphatic heterocycles. The summed E-state index contributed by atoms with van der Waals surface area (Å²) in [4.78, 5) is 0. The monoisotopic (exact) mass is 241 g/mol. The molecular weight excluding hydrogens is 210 g/mol. The number of rotatable bonds is 6. The summed E-state index contributed by atoms with van der Waals surface area (Å²) in [6.07, 6.45) is 6.91. The Labute approximate surface area is 107 Å². The van der Waals surface area contributed by atoms with E-state index in [4.69, 9.17) is 10.5 Å². The topological polar surface area (TPSA) is 35.2 Å². The van der Waals surface area contributed by atoms with Crippen LogP contribution in [-0.2, 0) is 4.74 Å². The summed E-state index contributed by atoms with van der Waals surface area (Å²) in [6, 6.07) is 0.229. The van der Waals surface area contributed by atoms with Gasteiger partial charge in [0.25, 0.3) is 0 Å². The first-order valence-corrected chi connectivity index (χ1v) is 7.47. The lowest BCUT2D eigenvalue weighted by atomic mass is 9.75. The molecule has 2 unspecified atom stereocenters. The van der Waals surface area contributed by atoms with E-state index in [1.165, 1.54) is 32.1 Å². The molecule has 1 fully saturated rings. The van der Waals surface area contributed by atoms with Crippen LogP contribution in [0.2, 0.25) is 0 Å². The molecular formula is C15H31NO. The number of hydrogen-bond donors (Lipinski definition) is 1. The molecule has 102 valence electrons. The van der Waals surface area contributed by atoms with Crippen molar-refractivity contribution in [2.75, 3.05) is 6.61 Å². The Balaban J connectivity index is 2.48. The molecule has 0 heterocycles. The molecule has 1 saturated carbocycles. The predicted molar refractivity (Wildman–Crippen MR) is 74.0 cm³/mol. The predicted octanol–water partition coefficient (Wildman–Crippen LogP) is 3.59. The van der Waals surface area contributed by atoms with Gasteiger partial charge in [-0.05, 0) is 37.5 Å². The summed E-state index contributed by atoms with van der Waals surface area (Å²) < 4.78 is 5.85. The van der Waals surface area contributed by atoms with Gasteiger partial charge in [-0.1, -0.05) is 40.0 Å². The molecule has 2 N–H and O–H groups in total. The third-order valence-corrected chi connectivity index (χ3v) is 4.41. The van der Waals surface area contributed by atoms with Gasteiger partial charge in [0.05, 0.1) is 6.10 Å². The van der Waals surface area contributed by atoms with Gasteiger partial charge < -0.3 is 10.5 Å². The molecule has 0 saturated heterocycles. The van der Waals surface area contributed by atoms with Crippen LogP contribution in [0.4, 0.5) is 0 Å². The van der Waals surface area contributed by atoms with Crippen LogP contribution in [0.3, 0.4) is 0 Å². The van der Waals surface area contributed by atoms with Crippen molar-refractivity contribution < 1.29 is 4.74 Å². The summed E-state index contributed by atoms with van der Waals surface area (Å²) >= 11 is 0. The average Bonchev–Trinajstić information content (AvgIpc) is 2.35. The van der Waals surface area contributed by atoms with Gasteiger partial charge in [-0.15, -0.1) is 0 Å². The van der Waals surface area contributed by atoms with E-state index in [-0.39, 0.29) is 12.1 Å². The summed E-state index contributed by atoms with van der Waals surface area (Å²) in [5.74, 6) is 2.15. The highest BCUT2D eigenvalue weighted by atomic mass is 16.5. The molecule has 1 aliphatic rings. The van der Waals surface area contributed by atoms with E-state index >= 15 is 0 Å². The van der Waals surface area contributed by atoms with Crippen molar-refractivity contribution in [2.24, 2.45) is 23.5 Å². The van der Waals surface area contributed by atoms with E-state index < -0.39 is 0 Å². The van der Waals surface area contributed by atoms with Crippen LogP contribution >= 0.6 is 0 Å². The largest absolute Gasteiger partial charge is 0.377 e. The first kappa shape index (κ1) is 15.0. The lowest BCUT2D eigenvalue weighted by Crippen LogP contribution is -2.46. The fourth-order valence-corrected chi connectivity index (χ4v) is 3.19. The second-order valence-electron chi connectivity index (χ2n) is 5.93. The van der Waals surface area contributed by atoms with Crippen molar-refractivity contribution >= 4 is 0 Å². The first-order chi connectivity index (χ1) is 8.10. The first-order valence-electron chi connectivity index (χ1n) is 7.47. The van der Waals surface area contributed by atoms with Crippen LogP contribution in [0.1, 0.15) is 59.8 Å². The Morgan fingerprint density at radius 3 is 2.12 bits per heavy atom. The Hall–Kier alpha value is -0.0800. The molecule has 0 radical (unpaired) electrons. The average molecular weight is 241 g/mol. The van der Waals surface area contributed by atoms with E-state index in [1.54, 1.807) is 0 Å².